The van der Waals surface area contributed by atoms with Crippen LogP contribution in [-0.2, 0) is 20.1 Å². The number of aromatic nitrogens is 4. The summed E-state index contributed by atoms with van der Waals surface area (Å²) >= 11 is 0. The van der Waals surface area contributed by atoms with Gasteiger partial charge in [0.2, 0.25) is 5.95 Å². The molecule has 27 heavy (non-hydrogen) atoms. The molecular formula is C21H28N6. The average Bonchev–Trinajstić information content (AvgIpc) is 2.88. The highest BCUT2D eigenvalue weighted by atomic mass is 15.3. The first-order valence-corrected chi connectivity index (χ1v) is 9.12. The molecule has 0 aliphatic heterocycles. The van der Waals surface area contributed by atoms with Gasteiger partial charge >= 0.3 is 0 Å². The molecule has 2 heterocycles. The summed E-state index contributed by atoms with van der Waals surface area (Å²) in [6.07, 6.45) is 1.82. The van der Waals surface area contributed by atoms with Crippen molar-refractivity contribution in [3.63, 3.8) is 0 Å². The zero-order valence-corrected chi connectivity index (χ0v) is 17.1. The van der Waals surface area contributed by atoms with Crippen molar-refractivity contribution in [3.05, 3.63) is 59.0 Å². The standard InChI is InChI=1S/C21H28N6/c1-15-20(16(2)27(6)24-15)19-11-12-22-21(23-19)26(5)14-18-9-7-17(8-10-18)13-25(3)4/h7-12H,13-14H2,1-6H3. The van der Waals surface area contributed by atoms with E-state index >= 15 is 0 Å². The molecule has 0 aliphatic carbocycles. The third-order valence-electron chi connectivity index (χ3n) is 4.69. The second kappa shape index (κ2) is 7.88. The Morgan fingerprint density at radius 3 is 2.11 bits per heavy atom. The van der Waals surface area contributed by atoms with E-state index in [-0.39, 0.29) is 0 Å². The predicted octanol–water partition coefficient (Wildman–Crippen LogP) is 3.19. The summed E-state index contributed by atoms with van der Waals surface area (Å²) in [5.74, 6) is 0.715. The van der Waals surface area contributed by atoms with Crippen LogP contribution >= 0.6 is 0 Å². The third-order valence-corrected chi connectivity index (χ3v) is 4.69. The van der Waals surface area contributed by atoms with Crippen LogP contribution in [0, 0.1) is 13.8 Å². The van der Waals surface area contributed by atoms with Crippen molar-refractivity contribution in [2.75, 3.05) is 26.0 Å². The van der Waals surface area contributed by atoms with Gasteiger partial charge in [0.25, 0.3) is 0 Å². The van der Waals surface area contributed by atoms with E-state index in [1.54, 1.807) is 0 Å². The topological polar surface area (TPSA) is 50.1 Å². The number of benzene rings is 1. The maximum atomic E-state index is 4.79. The molecule has 2 aromatic heterocycles. The van der Waals surface area contributed by atoms with Crippen molar-refractivity contribution in [3.8, 4) is 11.3 Å². The van der Waals surface area contributed by atoms with Crippen LogP contribution in [0.4, 0.5) is 5.95 Å². The zero-order valence-electron chi connectivity index (χ0n) is 17.1. The number of aryl methyl sites for hydroxylation is 2. The molecule has 0 aliphatic rings. The smallest absolute Gasteiger partial charge is 0.225 e. The first-order chi connectivity index (χ1) is 12.8. The van der Waals surface area contributed by atoms with Crippen LogP contribution in [0.3, 0.4) is 0 Å². The van der Waals surface area contributed by atoms with E-state index in [0.717, 1.165) is 35.7 Å². The van der Waals surface area contributed by atoms with E-state index in [2.05, 4.69) is 65.2 Å². The van der Waals surface area contributed by atoms with Crippen molar-refractivity contribution in [1.82, 2.24) is 24.6 Å². The molecule has 0 fully saturated rings. The summed E-state index contributed by atoms with van der Waals surface area (Å²) in [6.45, 7) is 5.79. The number of rotatable bonds is 6. The largest absolute Gasteiger partial charge is 0.340 e. The van der Waals surface area contributed by atoms with Crippen molar-refractivity contribution in [2.45, 2.75) is 26.9 Å². The maximum Gasteiger partial charge on any atom is 0.225 e. The number of hydrogen-bond acceptors (Lipinski definition) is 5. The van der Waals surface area contributed by atoms with Crippen LogP contribution in [0.1, 0.15) is 22.5 Å². The minimum Gasteiger partial charge on any atom is -0.340 e. The lowest BCUT2D eigenvalue weighted by molar-refractivity contribution is 0.402. The van der Waals surface area contributed by atoms with Gasteiger partial charge in [0.05, 0.1) is 11.4 Å². The summed E-state index contributed by atoms with van der Waals surface area (Å²) in [5.41, 5.74) is 6.64. The molecule has 1 aromatic carbocycles. The SMILES string of the molecule is Cc1nn(C)c(C)c1-c1ccnc(N(C)Cc2ccc(CN(C)C)cc2)n1. The molecule has 0 bridgehead atoms. The van der Waals surface area contributed by atoms with Crippen LogP contribution in [0.5, 0.6) is 0 Å². The van der Waals surface area contributed by atoms with Gasteiger partial charge in [-0.3, -0.25) is 4.68 Å². The van der Waals surface area contributed by atoms with E-state index in [9.17, 15) is 0 Å². The zero-order chi connectivity index (χ0) is 19.6. The molecule has 0 saturated heterocycles. The van der Waals surface area contributed by atoms with Gasteiger partial charge in [0.1, 0.15) is 0 Å². The molecule has 0 unspecified atom stereocenters. The Bertz CT molecular complexity index is 911. The van der Waals surface area contributed by atoms with Gasteiger partial charge in [-0.05, 0) is 45.1 Å². The maximum absolute atomic E-state index is 4.79. The van der Waals surface area contributed by atoms with Gasteiger partial charge in [-0.15, -0.1) is 0 Å². The first-order valence-electron chi connectivity index (χ1n) is 9.12. The Hall–Kier alpha value is -2.73. The van der Waals surface area contributed by atoms with Crippen LogP contribution in [0.25, 0.3) is 11.3 Å². The molecule has 0 amide bonds. The Labute approximate surface area is 161 Å². The molecule has 0 spiro atoms. The molecule has 3 rings (SSSR count). The summed E-state index contributed by atoms with van der Waals surface area (Å²) in [4.78, 5) is 13.5. The summed E-state index contributed by atoms with van der Waals surface area (Å²) in [7, 11) is 8.14. The summed E-state index contributed by atoms with van der Waals surface area (Å²) < 4.78 is 1.89. The number of anilines is 1. The predicted molar refractivity (Wildman–Crippen MR) is 110 cm³/mol. The molecule has 0 atom stereocenters. The average molecular weight is 364 g/mol. The van der Waals surface area contributed by atoms with E-state index in [4.69, 9.17) is 4.98 Å². The molecule has 3 aromatic rings. The van der Waals surface area contributed by atoms with E-state index in [1.807, 2.05) is 38.0 Å². The normalized spacial score (nSPS) is 11.2. The van der Waals surface area contributed by atoms with E-state index in [1.165, 1.54) is 11.1 Å². The minimum atomic E-state index is 0.715. The highest BCUT2D eigenvalue weighted by Crippen LogP contribution is 2.25. The summed E-state index contributed by atoms with van der Waals surface area (Å²) in [5, 5.41) is 4.50. The van der Waals surface area contributed by atoms with Crippen molar-refractivity contribution < 1.29 is 0 Å². The molecular weight excluding hydrogens is 336 g/mol. The fraction of sp³-hybridized carbons (Fsp3) is 0.381. The van der Waals surface area contributed by atoms with Gasteiger partial charge in [-0.25, -0.2) is 9.97 Å². The lowest BCUT2D eigenvalue weighted by atomic mass is 10.1. The van der Waals surface area contributed by atoms with E-state index in [0.29, 0.717) is 5.95 Å². The van der Waals surface area contributed by atoms with Crippen LogP contribution in [0.2, 0.25) is 0 Å². The molecule has 6 nitrogen and oxygen atoms in total. The molecule has 0 radical (unpaired) electrons. The van der Waals surface area contributed by atoms with Gasteiger partial charge < -0.3 is 9.80 Å². The lowest BCUT2D eigenvalue weighted by Gasteiger charge is -2.18. The van der Waals surface area contributed by atoms with Crippen LogP contribution in [-0.4, -0.2) is 45.8 Å². The van der Waals surface area contributed by atoms with Crippen LogP contribution in [0.15, 0.2) is 36.5 Å². The molecule has 0 saturated carbocycles. The first kappa shape index (κ1) is 19.0. The number of hydrogen-bond donors (Lipinski definition) is 0. The third kappa shape index (κ3) is 4.34. The second-order valence-electron chi connectivity index (χ2n) is 7.32. The Balaban J connectivity index is 1.78. The van der Waals surface area contributed by atoms with Crippen LogP contribution < -0.4 is 4.90 Å². The van der Waals surface area contributed by atoms with E-state index < -0.39 is 0 Å². The highest BCUT2D eigenvalue weighted by Gasteiger charge is 2.15. The quantitative estimate of drug-likeness (QED) is 0.672. The van der Waals surface area contributed by atoms with Gasteiger partial charge in [0, 0.05) is 44.6 Å². The fourth-order valence-corrected chi connectivity index (χ4v) is 3.28. The fourth-order valence-electron chi connectivity index (χ4n) is 3.28. The minimum absolute atomic E-state index is 0.715. The molecule has 142 valence electrons. The Morgan fingerprint density at radius 1 is 0.926 bits per heavy atom. The summed E-state index contributed by atoms with van der Waals surface area (Å²) in [6, 6.07) is 10.7. The molecule has 0 N–H and O–H groups in total. The monoisotopic (exact) mass is 364 g/mol. The molecule has 6 heteroatoms. The number of nitrogens with zero attached hydrogens (tertiary/aromatic N) is 6. The Morgan fingerprint density at radius 2 is 1.56 bits per heavy atom. The van der Waals surface area contributed by atoms with Crippen molar-refractivity contribution in [1.29, 1.82) is 0 Å². The second-order valence-corrected chi connectivity index (χ2v) is 7.32. The van der Waals surface area contributed by atoms with Crippen molar-refractivity contribution in [2.24, 2.45) is 7.05 Å². The van der Waals surface area contributed by atoms with Gasteiger partial charge in [-0.2, -0.15) is 5.10 Å². The highest BCUT2D eigenvalue weighted by molar-refractivity contribution is 5.65. The van der Waals surface area contributed by atoms with Crippen molar-refractivity contribution >= 4 is 5.95 Å². The van der Waals surface area contributed by atoms with Gasteiger partial charge in [-0.1, -0.05) is 24.3 Å². The Kier molecular flexibility index (Phi) is 5.56. The lowest BCUT2D eigenvalue weighted by Crippen LogP contribution is -2.19. The van der Waals surface area contributed by atoms with Gasteiger partial charge in [0.15, 0.2) is 0 Å².